The molecule has 0 aliphatic carbocycles. The van der Waals surface area contributed by atoms with E-state index in [0.717, 1.165) is 40.8 Å². The Kier molecular flexibility index (Phi) is 13.5. The summed E-state index contributed by atoms with van der Waals surface area (Å²) in [5.74, 6) is 4.92. The molecule has 1 aliphatic rings. The summed E-state index contributed by atoms with van der Waals surface area (Å²) in [4.78, 5) is 46.0. The topological polar surface area (TPSA) is 174 Å². The molecule has 50 heavy (non-hydrogen) atoms. The van der Waals surface area contributed by atoms with Gasteiger partial charge in [-0.25, -0.2) is 4.79 Å². The van der Waals surface area contributed by atoms with Gasteiger partial charge in [0.2, 0.25) is 11.8 Å². The van der Waals surface area contributed by atoms with E-state index in [2.05, 4.69) is 22.5 Å². The molecule has 4 rings (SSSR count). The van der Waals surface area contributed by atoms with Crippen LogP contribution in [0.4, 0.5) is 10.7 Å². The number of nitrogens with one attached hydrogen (secondary N) is 4. The number of aryl methyl sites for hydroxylation is 1. The molecule has 6 N–H and O–H groups in total. The summed E-state index contributed by atoms with van der Waals surface area (Å²) in [5.41, 5.74) is 9.88. The van der Waals surface area contributed by atoms with Crippen molar-refractivity contribution in [3.8, 4) is 11.8 Å². The summed E-state index contributed by atoms with van der Waals surface area (Å²) in [6, 6.07) is 11.2. The number of halogens is 1. The van der Waals surface area contributed by atoms with Crippen LogP contribution in [0.3, 0.4) is 0 Å². The SMILES string of the molecule is COC(=O)c1cc(NC(=O)CCNC(=O)C[C@@H]2N=C(c3ccc(Cl)cc3)c3c(sc(C)c3C)N(C(C)=N)C2=N)ccc1C#CCCCCCN. The molecule has 1 aromatic heterocycles. The summed E-state index contributed by atoms with van der Waals surface area (Å²) >= 11 is 7.65. The highest BCUT2D eigenvalue weighted by Crippen LogP contribution is 2.40. The van der Waals surface area contributed by atoms with Crippen LogP contribution in [0.2, 0.25) is 5.02 Å². The third kappa shape index (κ3) is 9.44. The number of benzene rings is 2. The van der Waals surface area contributed by atoms with Crippen molar-refractivity contribution in [1.82, 2.24) is 5.32 Å². The minimum atomic E-state index is -0.890. The van der Waals surface area contributed by atoms with E-state index >= 15 is 0 Å². The number of unbranched alkanes of at least 4 members (excludes halogenated alkanes) is 3. The Bertz CT molecular complexity index is 1870. The van der Waals surface area contributed by atoms with E-state index < -0.39 is 17.9 Å². The monoisotopic (exact) mass is 715 g/mol. The lowest BCUT2D eigenvalue weighted by Gasteiger charge is -2.24. The standard InChI is InChI=1S/C37H42ClN7O4S/c1-22-23(2)50-36-33(22)34(26-11-14-27(38)15-12-26)44-30(35(41)45(36)24(3)40)21-32(47)42-19-17-31(46)43-28-16-13-25(29(20-28)37(48)49-4)10-8-6-5-7-9-18-39/h11-16,20,30,40-41H,5-7,9,17-19,21,39H2,1-4H3,(H,42,47)(H,43,46)/t30-/m0/s1. The highest BCUT2D eigenvalue weighted by Gasteiger charge is 2.34. The first-order valence-corrected chi connectivity index (χ1v) is 17.5. The second kappa shape index (κ2) is 17.7. The number of amides is 2. The number of esters is 1. The average Bonchev–Trinajstić information content (AvgIpc) is 3.30. The Morgan fingerprint density at radius 3 is 2.52 bits per heavy atom. The molecule has 13 heteroatoms. The number of nitrogens with two attached hydrogens (primary N) is 1. The Morgan fingerprint density at radius 1 is 1.10 bits per heavy atom. The molecule has 262 valence electrons. The predicted molar refractivity (Wildman–Crippen MR) is 201 cm³/mol. The van der Waals surface area contributed by atoms with Crippen LogP contribution in [0.25, 0.3) is 0 Å². The number of hydrogen-bond acceptors (Lipinski definition) is 9. The summed E-state index contributed by atoms with van der Waals surface area (Å²) < 4.78 is 4.92. The molecule has 0 saturated heterocycles. The number of carbonyl (C=O) groups is 3. The highest BCUT2D eigenvalue weighted by molar-refractivity contribution is 7.17. The van der Waals surface area contributed by atoms with Gasteiger partial charge in [0.05, 0.1) is 24.8 Å². The minimum absolute atomic E-state index is 0.0120. The first-order valence-electron chi connectivity index (χ1n) is 16.3. The zero-order chi connectivity index (χ0) is 36.4. The maximum absolute atomic E-state index is 13.2. The largest absolute Gasteiger partial charge is 0.465 e. The van der Waals surface area contributed by atoms with Crippen molar-refractivity contribution in [1.29, 1.82) is 10.8 Å². The molecular formula is C37H42ClN7O4S. The van der Waals surface area contributed by atoms with E-state index in [-0.39, 0.29) is 42.5 Å². The number of rotatable bonds is 12. The van der Waals surface area contributed by atoms with Crippen molar-refractivity contribution < 1.29 is 19.1 Å². The quantitative estimate of drug-likeness (QED) is 0.0490. The summed E-state index contributed by atoms with van der Waals surface area (Å²) in [5, 5.41) is 24.4. The number of amidine groups is 2. The van der Waals surface area contributed by atoms with E-state index in [9.17, 15) is 14.4 Å². The molecule has 2 aromatic carbocycles. The molecule has 0 spiro atoms. The fourth-order valence-corrected chi connectivity index (χ4v) is 6.73. The number of anilines is 2. The van der Waals surface area contributed by atoms with E-state index in [1.54, 1.807) is 36.1 Å². The lowest BCUT2D eigenvalue weighted by molar-refractivity contribution is -0.121. The Hall–Kier alpha value is -4.83. The van der Waals surface area contributed by atoms with Crippen molar-refractivity contribution in [2.45, 2.75) is 65.3 Å². The van der Waals surface area contributed by atoms with E-state index in [0.29, 0.717) is 40.0 Å². The zero-order valence-corrected chi connectivity index (χ0v) is 30.2. The van der Waals surface area contributed by atoms with E-state index in [1.165, 1.54) is 24.5 Å². The first kappa shape index (κ1) is 38.0. The van der Waals surface area contributed by atoms with E-state index in [1.807, 2.05) is 26.0 Å². The fourth-order valence-electron chi connectivity index (χ4n) is 5.38. The van der Waals surface area contributed by atoms with Crippen LogP contribution in [-0.2, 0) is 14.3 Å². The van der Waals surface area contributed by atoms with Crippen LogP contribution in [-0.4, -0.2) is 61.4 Å². The Balaban J connectivity index is 1.43. The van der Waals surface area contributed by atoms with Crippen LogP contribution in [0.15, 0.2) is 47.5 Å². The molecule has 0 unspecified atom stereocenters. The van der Waals surface area contributed by atoms with Crippen LogP contribution in [0.5, 0.6) is 0 Å². The molecule has 2 amide bonds. The van der Waals surface area contributed by atoms with Crippen LogP contribution >= 0.6 is 22.9 Å². The summed E-state index contributed by atoms with van der Waals surface area (Å²) in [6.45, 7) is 6.27. The van der Waals surface area contributed by atoms with Crippen LogP contribution < -0.4 is 21.3 Å². The molecule has 11 nitrogen and oxygen atoms in total. The second-order valence-corrected chi connectivity index (χ2v) is 13.4. The molecule has 0 radical (unpaired) electrons. The van der Waals surface area contributed by atoms with Crippen molar-refractivity contribution >= 4 is 68.8 Å². The van der Waals surface area contributed by atoms with Gasteiger partial charge in [-0.1, -0.05) is 42.0 Å². The third-order valence-corrected chi connectivity index (χ3v) is 9.54. The van der Waals surface area contributed by atoms with Crippen LogP contribution in [0, 0.1) is 36.5 Å². The molecule has 0 bridgehead atoms. The van der Waals surface area contributed by atoms with Gasteiger partial charge in [0, 0.05) is 51.7 Å². The molecule has 1 aliphatic heterocycles. The molecule has 0 fully saturated rings. The third-order valence-electron chi connectivity index (χ3n) is 8.09. The number of thiophene rings is 1. The van der Waals surface area contributed by atoms with Gasteiger partial charge >= 0.3 is 5.97 Å². The molecule has 1 atom stereocenters. The number of aliphatic imine (C=N–C) groups is 1. The van der Waals surface area contributed by atoms with Gasteiger partial charge in [0.15, 0.2) is 0 Å². The Labute approximate surface area is 301 Å². The smallest absolute Gasteiger partial charge is 0.339 e. The Morgan fingerprint density at radius 2 is 1.84 bits per heavy atom. The highest BCUT2D eigenvalue weighted by atomic mass is 35.5. The molecule has 0 saturated carbocycles. The molecule has 3 aromatic rings. The zero-order valence-electron chi connectivity index (χ0n) is 28.7. The molecule has 2 heterocycles. The number of nitrogens with zero attached hydrogens (tertiary/aromatic N) is 2. The van der Waals surface area contributed by atoms with Gasteiger partial charge in [0.1, 0.15) is 22.7 Å². The van der Waals surface area contributed by atoms with Crippen LogP contribution in [0.1, 0.15) is 82.9 Å². The summed E-state index contributed by atoms with van der Waals surface area (Å²) in [6.07, 6.45) is 3.33. The number of ether oxygens (including phenoxy) is 1. The minimum Gasteiger partial charge on any atom is -0.465 e. The number of carbonyl (C=O) groups excluding carboxylic acids is 3. The van der Waals surface area contributed by atoms with Crippen molar-refractivity contribution in [3.63, 3.8) is 0 Å². The van der Waals surface area contributed by atoms with Gasteiger partial charge in [-0.05, 0) is 76.1 Å². The van der Waals surface area contributed by atoms with Gasteiger partial charge in [-0.2, -0.15) is 0 Å². The second-order valence-electron chi connectivity index (χ2n) is 11.8. The van der Waals surface area contributed by atoms with E-state index in [4.69, 9.17) is 37.9 Å². The number of methoxy groups -OCH3 is 1. The summed E-state index contributed by atoms with van der Waals surface area (Å²) in [7, 11) is 1.28. The fraction of sp³-hybridized carbons (Fsp3) is 0.351. The van der Waals surface area contributed by atoms with Crippen molar-refractivity contribution in [2.75, 3.05) is 30.4 Å². The normalized spacial score (nSPS) is 13.7. The van der Waals surface area contributed by atoms with Crippen molar-refractivity contribution in [2.24, 2.45) is 10.7 Å². The average molecular weight is 716 g/mol. The lowest BCUT2D eigenvalue weighted by Crippen LogP contribution is -2.42. The van der Waals surface area contributed by atoms with Gasteiger partial charge < -0.3 is 21.1 Å². The number of hydrogen-bond donors (Lipinski definition) is 5. The lowest BCUT2D eigenvalue weighted by atomic mass is 9.99. The predicted octanol–water partition coefficient (Wildman–Crippen LogP) is 6.21. The number of fused-ring (bicyclic) bond motifs is 1. The van der Waals surface area contributed by atoms with Gasteiger partial charge in [-0.3, -0.25) is 30.3 Å². The maximum atomic E-state index is 13.2. The van der Waals surface area contributed by atoms with Gasteiger partial charge in [0.25, 0.3) is 0 Å². The van der Waals surface area contributed by atoms with Crippen molar-refractivity contribution in [3.05, 3.63) is 80.2 Å². The first-order chi connectivity index (χ1) is 23.9. The van der Waals surface area contributed by atoms with Gasteiger partial charge in [-0.15, -0.1) is 11.3 Å². The maximum Gasteiger partial charge on any atom is 0.339 e. The molecular weight excluding hydrogens is 674 g/mol.